The van der Waals surface area contributed by atoms with Crippen LogP contribution in [0.5, 0.6) is 0 Å². The van der Waals surface area contributed by atoms with Crippen LogP contribution < -0.4 is 4.31 Å². The Hall–Kier alpha value is -2.74. The first-order valence-corrected chi connectivity index (χ1v) is 8.25. The standard InChI is InChI=1S/C15H14N4O3S/c1-11(20)19-13-8-4-3-7-12(13)17-15(19)23(21,22)18(2)14-9-5-6-10-16-14/h3-10H,1-2H3. The summed E-state index contributed by atoms with van der Waals surface area (Å²) in [5.74, 6) is -0.179. The highest BCUT2D eigenvalue weighted by atomic mass is 32.2. The lowest BCUT2D eigenvalue weighted by Crippen LogP contribution is -2.30. The molecular formula is C15H14N4O3S. The molecule has 0 N–H and O–H groups in total. The predicted molar refractivity (Wildman–Crippen MR) is 85.9 cm³/mol. The SMILES string of the molecule is CC(=O)n1c(S(=O)(=O)N(C)c2ccccn2)nc2ccccc21. The summed E-state index contributed by atoms with van der Waals surface area (Å²) in [5, 5.41) is -0.320. The minimum Gasteiger partial charge on any atom is -0.274 e. The number of rotatable bonds is 3. The Morgan fingerprint density at radius 2 is 1.83 bits per heavy atom. The van der Waals surface area contributed by atoms with Crippen LogP contribution in [0.2, 0.25) is 0 Å². The number of carbonyl (C=O) groups is 1. The molecule has 0 amide bonds. The number of nitrogens with zero attached hydrogens (tertiary/aromatic N) is 4. The highest BCUT2D eigenvalue weighted by Crippen LogP contribution is 2.24. The van der Waals surface area contributed by atoms with Crippen molar-refractivity contribution in [2.24, 2.45) is 0 Å². The van der Waals surface area contributed by atoms with E-state index in [4.69, 9.17) is 0 Å². The van der Waals surface area contributed by atoms with Crippen molar-refractivity contribution in [2.45, 2.75) is 12.1 Å². The van der Waals surface area contributed by atoms with Gasteiger partial charge in [-0.2, -0.15) is 8.42 Å². The van der Waals surface area contributed by atoms with Gasteiger partial charge in [0.15, 0.2) is 0 Å². The molecule has 3 rings (SSSR count). The van der Waals surface area contributed by atoms with E-state index in [-0.39, 0.29) is 11.0 Å². The molecule has 0 aliphatic heterocycles. The van der Waals surface area contributed by atoms with Crippen LogP contribution in [0.4, 0.5) is 5.82 Å². The summed E-state index contributed by atoms with van der Waals surface area (Å²) in [7, 11) is -2.65. The van der Waals surface area contributed by atoms with Crippen LogP contribution in [-0.2, 0) is 10.0 Å². The average molecular weight is 330 g/mol. The lowest BCUT2D eigenvalue weighted by Gasteiger charge is -2.17. The van der Waals surface area contributed by atoms with Crippen molar-refractivity contribution in [2.75, 3.05) is 11.4 Å². The van der Waals surface area contributed by atoms with Gasteiger partial charge >= 0.3 is 0 Å². The predicted octanol–water partition coefficient (Wildman–Crippen LogP) is 1.92. The molecule has 0 bridgehead atoms. The highest BCUT2D eigenvalue weighted by molar-refractivity contribution is 7.92. The monoisotopic (exact) mass is 330 g/mol. The zero-order chi connectivity index (χ0) is 16.6. The first-order valence-electron chi connectivity index (χ1n) is 6.81. The molecule has 0 aliphatic carbocycles. The number of hydrogen-bond acceptors (Lipinski definition) is 5. The molecule has 118 valence electrons. The van der Waals surface area contributed by atoms with Gasteiger partial charge < -0.3 is 0 Å². The molecule has 0 radical (unpaired) electrons. The summed E-state index contributed by atoms with van der Waals surface area (Å²) >= 11 is 0. The molecule has 0 spiro atoms. The van der Waals surface area contributed by atoms with Crippen LogP contribution in [-0.4, -0.2) is 35.9 Å². The van der Waals surface area contributed by atoms with Crippen molar-refractivity contribution < 1.29 is 13.2 Å². The van der Waals surface area contributed by atoms with Gasteiger partial charge in [0.1, 0.15) is 5.82 Å². The van der Waals surface area contributed by atoms with Crippen LogP contribution in [0.15, 0.2) is 53.8 Å². The number of benzene rings is 1. The summed E-state index contributed by atoms with van der Waals surface area (Å²) in [5.41, 5.74) is 0.892. The molecule has 0 atom stereocenters. The maximum absolute atomic E-state index is 12.9. The van der Waals surface area contributed by atoms with Gasteiger partial charge in [0.25, 0.3) is 15.2 Å². The van der Waals surface area contributed by atoms with Crippen LogP contribution in [0, 0.1) is 0 Å². The second kappa shape index (κ2) is 5.47. The highest BCUT2D eigenvalue weighted by Gasteiger charge is 2.30. The van der Waals surface area contributed by atoms with Crippen molar-refractivity contribution in [1.82, 2.24) is 14.5 Å². The number of hydrogen-bond donors (Lipinski definition) is 0. The average Bonchev–Trinajstić information content (AvgIpc) is 2.95. The number of imidazole rings is 1. The molecule has 0 fully saturated rings. The Labute approximate surface area is 133 Å². The first-order chi connectivity index (χ1) is 10.9. The fourth-order valence-electron chi connectivity index (χ4n) is 2.27. The Morgan fingerprint density at radius 1 is 1.13 bits per heavy atom. The van der Waals surface area contributed by atoms with Gasteiger partial charge in [-0.25, -0.2) is 9.97 Å². The molecule has 7 nitrogen and oxygen atoms in total. The molecule has 2 heterocycles. The number of para-hydroxylation sites is 2. The molecule has 23 heavy (non-hydrogen) atoms. The summed E-state index contributed by atoms with van der Waals surface area (Å²) < 4.78 is 27.9. The Morgan fingerprint density at radius 3 is 2.48 bits per heavy atom. The lowest BCUT2D eigenvalue weighted by molar-refractivity contribution is 0.0930. The van der Waals surface area contributed by atoms with E-state index in [9.17, 15) is 13.2 Å². The third-order valence-corrected chi connectivity index (χ3v) is 5.05. The minimum atomic E-state index is -4.03. The van der Waals surface area contributed by atoms with Crippen LogP contribution in [0.3, 0.4) is 0 Å². The molecule has 1 aromatic carbocycles. The van der Waals surface area contributed by atoms with Crippen LogP contribution in [0.1, 0.15) is 11.7 Å². The number of fused-ring (bicyclic) bond motifs is 1. The second-order valence-electron chi connectivity index (χ2n) is 4.90. The van der Waals surface area contributed by atoms with E-state index < -0.39 is 15.9 Å². The number of anilines is 1. The Bertz CT molecular complexity index is 980. The largest absolute Gasteiger partial charge is 0.299 e. The van der Waals surface area contributed by atoms with E-state index in [1.54, 1.807) is 42.5 Å². The van der Waals surface area contributed by atoms with Gasteiger partial charge in [-0.3, -0.25) is 13.7 Å². The number of sulfonamides is 1. The van der Waals surface area contributed by atoms with E-state index in [2.05, 4.69) is 9.97 Å². The zero-order valence-electron chi connectivity index (χ0n) is 12.5. The minimum absolute atomic E-state index is 0.245. The van der Waals surface area contributed by atoms with Crippen molar-refractivity contribution in [1.29, 1.82) is 0 Å². The quantitative estimate of drug-likeness (QED) is 0.732. The van der Waals surface area contributed by atoms with Crippen molar-refractivity contribution in [3.05, 3.63) is 48.7 Å². The van der Waals surface area contributed by atoms with E-state index in [1.165, 1.54) is 20.2 Å². The van der Waals surface area contributed by atoms with E-state index in [0.717, 1.165) is 8.87 Å². The lowest BCUT2D eigenvalue weighted by atomic mass is 10.3. The maximum Gasteiger partial charge on any atom is 0.299 e. The van der Waals surface area contributed by atoms with Crippen molar-refractivity contribution >= 4 is 32.8 Å². The number of carbonyl (C=O) groups excluding carboxylic acids is 1. The van der Waals surface area contributed by atoms with E-state index >= 15 is 0 Å². The molecule has 0 saturated heterocycles. The van der Waals surface area contributed by atoms with Crippen molar-refractivity contribution in [3.8, 4) is 0 Å². The Balaban J connectivity index is 2.23. The molecule has 8 heteroatoms. The summed E-state index contributed by atoms with van der Waals surface area (Å²) in [6.45, 7) is 1.30. The number of aromatic nitrogens is 3. The fraction of sp³-hybridized carbons (Fsp3) is 0.133. The summed E-state index contributed by atoms with van der Waals surface area (Å²) in [6.07, 6.45) is 1.50. The van der Waals surface area contributed by atoms with E-state index in [1.807, 2.05) is 0 Å². The van der Waals surface area contributed by atoms with Gasteiger partial charge in [0.2, 0.25) is 5.91 Å². The molecule has 0 aliphatic rings. The topological polar surface area (TPSA) is 85.2 Å². The fourth-order valence-corrected chi connectivity index (χ4v) is 3.54. The summed E-state index contributed by atoms with van der Waals surface area (Å²) in [6, 6.07) is 11.7. The van der Waals surface area contributed by atoms with Crippen LogP contribution in [0.25, 0.3) is 11.0 Å². The van der Waals surface area contributed by atoms with E-state index in [0.29, 0.717) is 11.0 Å². The molecule has 0 unspecified atom stereocenters. The molecule has 0 saturated carbocycles. The molecular weight excluding hydrogens is 316 g/mol. The Kier molecular flexibility index (Phi) is 3.61. The summed E-state index contributed by atoms with van der Waals surface area (Å²) in [4.78, 5) is 20.1. The normalized spacial score (nSPS) is 11.6. The van der Waals surface area contributed by atoms with Gasteiger partial charge in [-0.05, 0) is 24.3 Å². The molecule has 2 aromatic heterocycles. The number of pyridine rings is 1. The third kappa shape index (κ3) is 2.46. The zero-order valence-corrected chi connectivity index (χ0v) is 13.4. The van der Waals surface area contributed by atoms with Gasteiger partial charge in [-0.1, -0.05) is 18.2 Å². The third-order valence-electron chi connectivity index (χ3n) is 3.41. The smallest absolute Gasteiger partial charge is 0.274 e. The van der Waals surface area contributed by atoms with Gasteiger partial charge in [0.05, 0.1) is 11.0 Å². The molecule has 3 aromatic rings. The second-order valence-corrected chi connectivity index (χ2v) is 6.76. The van der Waals surface area contributed by atoms with Gasteiger partial charge in [-0.15, -0.1) is 0 Å². The maximum atomic E-state index is 12.9. The van der Waals surface area contributed by atoms with Gasteiger partial charge in [0, 0.05) is 20.2 Å². The van der Waals surface area contributed by atoms with Crippen LogP contribution >= 0.6 is 0 Å². The van der Waals surface area contributed by atoms with Crippen molar-refractivity contribution in [3.63, 3.8) is 0 Å². The first kappa shape index (κ1) is 15.2.